The lowest BCUT2D eigenvalue weighted by Gasteiger charge is -2.15. The SMILES string of the molecule is CCNC(=O)c1c(O)n(CCC2CC2)c(=O)n(-c2ccc(-c3csc(C)n3)cc2)c1=O. The third kappa shape index (κ3) is 4.18. The Labute approximate surface area is 182 Å². The van der Waals surface area contributed by atoms with Gasteiger partial charge in [-0.2, -0.15) is 0 Å². The molecule has 3 aromatic rings. The second kappa shape index (κ2) is 8.50. The molecule has 0 aliphatic heterocycles. The molecule has 1 aliphatic rings. The van der Waals surface area contributed by atoms with Gasteiger partial charge in [0.05, 0.1) is 16.4 Å². The fraction of sp³-hybridized carbons (Fsp3) is 0.364. The van der Waals surface area contributed by atoms with Crippen LogP contribution in [0, 0.1) is 12.8 Å². The van der Waals surface area contributed by atoms with Crippen molar-refractivity contribution in [2.24, 2.45) is 5.92 Å². The summed E-state index contributed by atoms with van der Waals surface area (Å²) in [5, 5.41) is 16.1. The number of hydrogen-bond donors (Lipinski definition) is 2. The second-order valence-electron chi connectivity index (χ2n) is 7.66. The van der Waals surface area contributed by atoms with Crippen molar-refractivity contribution in [1.29, 1.82) is 0 Å². The smallest absolute Gasteiger partial charge is 0.338 e. The number of aromatic nitrogens is 3. The zero-order chi connectivity index (χ0) is 22.1. The summed E-state index contributed by atoms with van der Waals surface area (Å²) in [6, 6.07) is 6.86. The molecule has 0 radical (unpaired) electrons. The van der Waals surface area contributed by atoms with Crippen LogP contribution in [0.15, 0.2) is 39.2 Å². The third-order valence-electron chi connectivity index (χ3n) is 5.38. The Kier molecular flexibility index (Phi) is 5.77. The van der Waals surface area contributed by atoms with Gasteiger partial charge in [-0.3, -0.25) is 14.2 Å². The first-order valence-corrected chi connectivity index (χ1v) is 11.2. The third-order valence-corrected chi connectivity index (χ3v) is 6.15. The van der Waals surface area contributed by atoms with Gasteiger partial charge in [0, 0.05) is 24.0 Å². The van der Waals surface area contributed by atoms with Crippen LogP contribution in [-0.4, -0.2) is 31.7 Å². The normalized spacial score (nSPS) is 13.4. The number of nitrogens with one attached hydrogen (secondary N) is 1. The van der Waals surface area contributed by atoms with Crippen molar-refractivity contribution in [3.05, 3.63) is 61.1 Å². The molecule has 0 unspecified atom stereocenters. The molecule has 0 atom stereocenters. The van der Waals surface area contributed by atoms with Crippen LogP contribution in [-0.2, 0) is 6.54 Å². The molecule has 162 valence electrons. The summed E-state index contributed by atoms with van der Waals surface area (Å²) in [5.41, 5.74) is 0.0876. The summed E-state index contributed by atoms with van der Waals surface area (Å²) in [4.78, 5) is 43.2. The Morgan fingerprint density at radius 2 is 1.97 bits per heavy atom. The molecule has 9 heteroatoms. The van der Waals surface area contributed by atoms with E-state index in [-0.39, 0.29) is 6.54 Å². The molecule has 2 heterocycles. The monoisotopic (exact) mass is 440 g/mol. The molecule has 1 aromatic carbocycles. The summed E-state index contributed by atoms with van der Waals surface area (Å²) in [6.07, 6.45) is 2.90. The van der Waals surface area contributed by atoms with Crippen LogP contribution in [0.1, 0.15) is 41.6 Å². The number of amides is 1. The van der Waals surface area contributed by atoms with Gasteiger partial charge in [0.15, 0.2) is 5.56 Å². The maximum Gasteiger partial charge on any atom is 0.338 e. The lowest BCUT2D eigenvalue weighted by molar-refractivity contribution is 0.0949. The van der Waals surface area contributed by atoms with E-state index in [0.717, 1.165) is 38.2 Å². The van der Waals surface area contributed by atoms with Crippen LogP contribution in [0.2, 0.25) is 0 Å². The van der Waals surface area contributed by atoms with E-state index in [4.69, 9.17) is 0 Å². The van der Waals surface area contributed by atoms with E-state index in [1.165, 1.54) is 11.3 Å². The number of nitrogens with zero attached hydrogens (tertiary/aromatic N) is 3. The van der Waals surface area contributed by atoms with E-state index >= 15 is 0 Å². The van der Waals surface area contributed by atoms with Crippen molar-refractivity contribution in [3.63, 3.8) is 0 Å². The van der Waals surface area contributed by atoms with Crippen LogP contribution in [0.5, 0.6) is 5.88 Å². The lowest BCUT2D eigenvalue weighted by Crippen LogP contribution is -2.43. The Bertz CT molecular complexity index is 1240. The average molecular weight is 441 g/mol. The fourth-order valence-electron chi connectivity index (χ4n) is 3.51. The van der Waals surface area contributed by atoms with Gasteiger partial charge in [-0.15, -0.1) is 11.3 Å². The standard InChI is InChI=1S/C22H24N4O4S/c1-3-23-19(27)18-20(28)25(11-10-14-4-5-14)22(30)26(21(18)29)16-8-6-15(7-9-16)17-12-31-13(2)24-17/h6-9,12,14,28H,3-5,10-11H2,1-2H3,(H,23,27). The van der Waals surface area contributed by atoms with Gasteiger partial charge in [0.2, 0.25) is 5.88 Å². The molecule has 1 amide bonds. The van der Waals surface area contributed by atoms with Crippen molar-refractivity contribution in [2.45, 2.75) is 39.7 Å². The summed E-state index contributed by atoms with van der Waals surface area (Å²) in [5.74, 6) is -0.763. The predicted octanol–water partition coefficient (Wildman–Crippen LogP) is 2.69. The number of carbonyl (C=O) groups excluding carboxylic acids is 1. The van der Waals surface area contributed by atoms with Gasteiger partial charge in [0.25, 0.3) is 11.5 Å². The highest BCUT2D eigenvalue weighted by Gasteiger charge is 2.27. The molecule has 8 nitrogen and oxygen atoms in total. The van der Waals surface area contributed by atoms with Crippen LogP contribution in [0.25, 0.3) is 16.9 Å². The van der Waals surface area contributed by atoms with E-state index in [1.807, 2.05) is 12.3 Å². The number of rotatable bonds is 7. The highest BCUT2D eigenvalue weighted by atomic mass is 32.1. The number of hydrogen-bond acceptors (Lipinski definition) is 6. The summed E-state index contributed by atoms with van der Waals surface area (Å²) >= 11 is 1.54. The maximum atomic E-state index is 13.2. The summed E-state index contributed by atoms with van der Waals surface area (Å²) in [7, 11) is 0. The molecular weight excluding hydrogens is 416 g/mol. The van der Waals surface area contributed by atoms with Gasteiger partial charge in [-0.25, -0.2) is 14.3 Å². The van der Waals surface area contributed by atoms with Crippen LogP contribution < -0.4 is 16.6 Å². The minimum absolute atomic E-state index is 0.248. The lowest BCUT2D eigenvalue weighted by atomic mass is 10.1. The molecule has 4 rings (SSSR count). The Morgan fingerprint density at radius 1 is 1.26 bits per heavy atom. The van der Waals surface area contributed by atoms with Crippen LogP contribution in [0.4, 0.5) is 0 Å². The molecule has 0 bridgehead atoms. The summed E-state index contributed by atoms with van der Waals surface area (Å²) in [6.45, 7) is 4.18. The molecule has 1 fully saturated rings. The Morgan fingerprint density at radius 3 is 2.55 bits per heavy atom. The van der Waals surface area contributed by atoms with E-state index in [2.05, 4.69) is 10.3 Å². The molecule has 1 saturated carbocycles. The first-order chi connectivity index (χ1) is 14.9. The van der Waals surface area contributed by atoms with Crippen molar-refractivity contribution < 1.29 is 9.90 Å². The Hall–Kier alpha value is -3.20. The largest absolute Gasteiger partial charge is 0.494 e. The van der Waals surface area contributed by atoms with E-state index in [1.54, 1.807) is 31.2 Å². The number of benzene rings is 1. The zero-order valence-electron chi connectivity index (χ0n) is 17.4. The first-order valence-electron chi connectivity index (χ1n) is 10.3. The van der Waals surface area contributed by atoms with Crippen molar-refractivity contribution >= 4 is 17.2 Å². The molecule has 0 saturated heterocycles. The van der Waals surface area contributed by atoms with Gasteiger partial charge >= 0.3 is 5.69 Å². The maximum absolute atomic E-state index is 13.2. The van der Waals surface area contributed by atoms with Crippen LogP contribution in [0.3, 0.4) is 0 Å². The molecule has 31 heavy (non-hydrogen) atoms. The van der Waals surface area contributed by atoms with Gasteiger partial charge in [-0.1, -0.05) is 25.0 Å². The molecular formula is C22H24N4O4S. The Balaban J connectivity index is 1.82. The van der Waals surface area contributed by atoms with Crippen LogP contribution >= 0.6 is 11.3 Å². The second-order valence-corrected chi connectivity index (χ2v) is 8.73. The zero-order valence-corrected chi connectivity index (χ0v) is 18.2. The average Bonchev–Trinajstić information content (AvgIpc) is 3.47. The first kappa shape index (κ1) is 21.0. The van der Waals surface area contributed by atoms with E-state index in [9.17, 15) is 19.5 Å². The highest BCUT2D eigenvalue weighted by Crippen LogP contribution is 2.33. The topological polar surface area (TPSA) is 106 Å². The van der Waals surface area contributed by atoms with Gasteiger partial charge in [-0.05, 0) is 38.3 Å². The highest BCUT2D eigenvalue weighted by molar-refractivity contribution is 7.09. The number of aryl methyl sites for hydroxylation is 1. The molecule has 0 spiro atoms. The number of thiazole rings is 1. The molecule has 2 aromatic heterocycles. The van der Waals surface area contributed by atoms with E-state index < -0.39 is 28.6 Å². The van der Waals surface area contributed by atoms with Gasteiger partial charge in [0.1, 0.15) is 0 Å². The fourth-order valence-corrected chi connectivity index (χ4v) is 4.13. The molecule has 2 N–H and O–H groups in total. The van der Waals surface area contributed by atoms with Crippen molar-refractivity contribution in [1.82, 2.24) is 19.4 Å². The number of aromatic hydroxyl groups is 1. The summed E-state index contributed by atoms with van der Waals surface area (Å²) < 4.78 is 2.08. The van der Waals surface area contributed by atoms with E-state index in [0.29, 0.717) is 24.6 Å². The number of carbonyl (C=O) groups is 1. The molecule has 1 aliphatic carbocycles. The quantitative estimate of drug-likeness (QED) is 0.588. The minimum Gasteiger partial charge on any atom is -0.494 e. The predicted molar refractivity (Wildman–Crippen MR) is 119 cm³/mol. The minimum atomic E-state index is -0.839. The van der Waals surface area contributed by atoms with Gasteiger partial charge < -0.3 is 10.4 Å². The van der Waals surface area contributed by atoms with Crippen molar-refractivity contribution in [3.8, 4) is 22.8 Å². The van der Waals surface area contributed by atoms with Crippen molar-refractivity contribution in [2.75, 3.05) is 6.54 Å².